The first-order chi connectivity index (χ1) is 7.70. The molecule has 0 unspecified atom stereocenters. The highest BCUT2D eigenvalue weighted by Gasteiger charge is 2.05. The number of hydrogen-bond acceptors (Lipinski definition) is 4. The Bertz CT molecular complexity index is 492. The van der Waals surface area contributed by atoms with Crippen molar-refractivity contribution in [3.63, 3.8) is 0 Å². The first-order valence-electron chi connectivity index (χ1n) is 5.12. The van der Waals surface area contributed by atoms with Crippen molar-refractivity contribution in [3.05, 3.63) is 30.1 Å². The fourth-order valence-corrected chi connectivity index (χ4v) is 1.36. The molecule has 0 atom stereocenters. The fourth-order valence-electron chi connectivity index (χ4n) is 1.36. The van der Waals surface area contributed by atoms with E-state index in [1.54, 1.807) is 10.7 Å². The molecule has 5 heteroatoms. The van der Waals surface area contributed by atoms with Gasteiger partial charge in [-0.05, 0) is 32.0 Å². The van der Waals surface area contributed by atoms with Crippen LogP contribution in [0.4, 0.5) is 5.69 Å². The van der Waals surface area contributed by atoms with Gasteiger partial charge in [0.05, 0.1) is 18.0 Å². The number of aromatic nitrogens is 3. The van der Waals surface area contributed by atoms with Crippen molar-refractivity contribution in [2.75, 3.05) is 12.3 Å². The van der Waals surface area contributed by atoms with E-state index in [2.05, 4.69) is 10.1 Å². The van der Waals surface area contributed by atoms with Gasteiger partial charge in [-0.2, -0.15) is 10.1 Å². The van der Waals surface area contributed by atoms with E-state index in [0.29, 0.717) is 24.0 Å². The summed E-state index contributed by atoms with van der Waals surface area (Å²) in [5, 5.41) is 4.27. The van der Waals surface area contributed by atoms with Crippen LogP contribution in [0.5, 0.6) is 5.88 Å². The molecule has 16 heavy (non-hydrogen) atoms. The van der Waals surface area contributed by atoms with Gasteiger partial charge in [0.25, 0.3) is 0 Å². The van der Waals surface area contributed by atoms with Gasteiger partial charge in [0.1, 0.15) is 0 Å². The molecule has 2 rings (SSSR count). The van der Waals surface area contributed by atoms with E-state index in [4.69, 9.17) is 10.5 Å². The molecular weight excluding hydrogens is 204 g/mol. The summed E-state index contributed by atoms with van der Waals surface area (Å²) < 4.78 is 7.02. The predicted octanol–water partition coefficient (Wildman–Crippen LogP) is 1.56. The molecule has 84 valence electrons. The molecule has 0 aromatic carbocycles. The lowest BCUT2D eigenvalue weighted by Gasteiger charge is -2.07. The Morgan fingerprint density at radius 2 is 2.19 bits per heavy atom. The molecule has 0 aliphatic heterocycles. The van der Waals surface area contributed by atoms with Gasteiger partial charge in [0.15, 0.2) is 5.82 Å². The largest absolute Gasteiger partial charge is 0.476 e. The first kappa shape index (κ1) is 10.5. The van der Waals surface area contributed by atoms with Crippen molar-refractivity contribution in [2.24, 2.45) is 0 Å². The molecule has 0 radical (unpaired) electrons. The van der Waals surface area contributed by atoms with Crippen molar-refractivity contribution < 1.29 is 4.74 Å². The van der Waals surface area contributed by atoms with Gasteiger partial charge >= 0.3 is 0 Å². The molecule has 5 nitrogen and oxygen atoms in total. The lowest BCUT2D eigenvalue weighted by atomic mass is 10.4. The topological polar surface area (TPSA) is 66.0 Å². The van der Waals surface area contributed by atoms with Crippen molar-refractivity contribution in [1.29, 1.82) is 0 Å². The van der Waals surface area contributed by atoms with Crippen LogP contribution in [-0.4, -0.2) is 21.4 Å². The molecule has 2 heterocycles. The van der Waals surface area contributed by atoms with Crippen LogP contribution < -0.4 is 10.5 Å². The number of pyridine rings is 1. The Hall–Kier alpha value is -2.04. The summed E-state index contributed by atoms with van der Waals surface area (Å²) in [4.78, 5) is 4.30. The van der Waals surface area contributed by atoms with E-state index in [0.717, 1.165) is 5.69 Å². The standard InChI is InChI=1S/C11H14N4O/c1-3-16-11-9(12)4-5-10(13-11)15-7-6-8(2)14-15/h4-7H,3,12H2,1-2H3. The van der Waals surface area contributed by atoms with Gasteiger partial charge in [-0.15, -0.1) is 0 Å². The number of rotatable bonds is 3. The minimum absolute atomic E-state index is 0.452. The summed E-state index contributed by atoms with van der Waals surface area (Å²) in [6.45, 7) is 4.36. The molecule has 0 spiro atoms. The SMILES string of the molecule is CCOc1nc(-n2ccc(C)n2)ccc1N. The summed E-state index contributed by atoms with van der Waals surface area (Å²) in [5.74, 6) is 1.15. The first-order valence-corrected chi connectivity index (χ1v) is 5.12. The van der Waals surface area contributed by atoms with Crippen LogP contribution in [0, 0.1) is 6.92 Å². The van der Waals surface area contributed by atoms with E-state index in [-0.39, 0.29) is 0 Å². The number of nitrogens with zero attached hydrogens (tertiary/aromatic N) is 3. The normalized spacial score (nSPS) is 10.4. The zero-order valence-corrected chi connectivity index (χ0v) is 9.34. The summed E-state index contributed by atoms with van der Waals surface area (Å²) in [7, 11) is 0. The Labute approximate surface area is 93.9 Å². The number of nitrogen functional groups attached to an aromatic ring is 1. The second kappa shape index (κ2) is 4.22. The van der Waals surface area contributed by atoms with E-state index in [9.17, 15) is 0 Å². The molecule has 2 aromatic rings. The average molecular weight is 218 g/mol. The molecule has 0 aliphatic rings. The Morgan fingerprint density at radius 1 is 1.38 bits per heavy atom. The summed E-state index contributed by atoms with van der Waals surface area (Å²) in [6.07, 6.45) is 1.85. The lowest BCUT2D eigenvalue weighted by molar-refractivity contribution is 0.328. The van der Waals surface area contributed by atoms with Gasteiger partial charge in [0.2, 0.25) is 5.88 Å². The molecule has 0 aliphatic carbocycles. The molecule has 2 N–H and O–H groups in total. The van der Waals surface area contributed by atoms with Crippen molar-refractivity contribution >= 4 is 5.69 Å². The fraction of sp³-hybridized carbons (Fsp3) is 0.273. The van der Waals surface area contributed by atoms with Crippen molar-refractivity contribution in [3.8, 4) is 11.7 Å². The Morgan fingerprint density at radius 3 is 2.81 bits per heavy atom. The van der Waals surface area contributed by atoms with Gasteiger partial charge in [0, 0.05) is 6.20 Å². The minimum Gasteiger partial charge on any atom is -0.476 e. The van der Waals surface area contributed by atoms with Crippen LogP contribution in [0.2, 0.25) is 0 Å². The highest BCUT2D eigenvalue weighted by molar-refractivity contribution is 5.50. The Balaban J connectivity index is 2.39. The smallest absolute Gasteiger partial charge is 0.239 e. The van der Waals surface area contributed by atoms with Crippen molar-refractivity contribution in [2.45, 2.75) is 13.8 Å². The minimum atomic E-state index is 0.452. The summed E-state index contributed by atoms with van der Waals surface area (Å²) in [5.41, 5.74) is 7.22. The number of hydrogen-bond donors (Lipinski definition) is 1. The van der Waals surface area contributed by atoms with E-state index >= 15 is 0 Å². The summed E-state index contributed by atoms with van der Waals surface area (Å²) in [6, 6.07) is 5.49. The van der Waals surface area contributed by atoms with Crippen LogP contribution in [0.3, 0.4) is 0 Å². The number of anilines is 1. The zero-order chi connectivity index (χ0) is 11.5. The van der Waals surface area contributed by atoms with Crippen LogP contribution in [0.1, 0.15) is 12.6 Å². The molecule has 2 aromatic heterocycles. The maximum absolute atomic E-state index is 5.74. The Kier molecular flexibility index (Phi) is 2.76. The van der Waals surface area contributed by atoms with Crippen LogP contribution >= 0.6 is 0 Å². The monoisotopic (exact) mass is 218 g/mol. The number of ether oxygens (including phenoxy) is 1. The average Bonchev–Trinajstić information content (AvgIpc) is 2.69. The summed E-state index contributed by atoms with van der Waals surface area (Å²) >= 11 is 0. The van der Waals surface area contributed by atoms with E-state index in [1.165, 1.54) is 0 Å². The molecule has 0 bridgehead atoms. The number of nitrogens with two attached hydrogens (primary N) is 1. The quantitative estimate of drug-likeness (QED) is 0.849. The third-order valence-electron chi connectivity index (χ3n) is 2.11. The second-order valence-corrected chi connectivity index (χ2v) is 3.40. The third kappa shape index (κ3) is 1.98. The van der Waals surface area contributed by atoms with Gasteiger partial charge in [-0.3, -0.25) is 0 Å². The van der Waals surface area contributed by atoms with Gasteiger partial charge < -0.3 is 10.5 Å². The third-order valence-corrected chi connectivity index (χ3v) is 2.11. The van der Waals surface area contributed by atoms with E-state index in [1.807, 2.05) is 32.2 Å². The van der Waals surface area contributed by atoms with Crippen LogP contribution in [0.15, 0.2) is 24.4 Å². The predicted molar refractivity (Wildman–Crippen MR) is 61.7 cm³/mol. The molecule has 0 fully saturated rings. The van der Waals surface area contributed by atoms with E-state index < -0.39 is 0 Å². The molecule has 0 amide bonds. The van der Waals surface area contributed by atoms with Crippen molar-refractivity contribution in [1.82, 2.24) is 14.8 Å². The van der Waals surface area contributed by atoms with Gasteiger partial charge in [-0.1, -0.05) is 0 Å². The maximum Gasteiger partial charge on any atom is 0.239 e. The van der Waals surface area contributed by atoms with Gasteiger partial charge in [-0.25, -0.2) is 4.68 Å². The lowest BCUT2D eigenvalue weighted by Crippen LogP contribution is -2.04. The maximum atomic E-state index is 5.74. The highest BCUT2D eigenvalue weighted by atomic mass is 16.5. The molecular formula is C11H14N4O. The molecule has 0 saturated heterocycles. The molecule has 0 saturated carbocycles. The van der Waals surface area contributed by atoms with Crippen LogP contribution in [0.25, 0.3) is 5.82 Å². The number of aryl methyl sites for hydroxylation is 1. The zero-order valence-electron chi connectivity index (χ0n) is 9.34. The second-order valence-electron chi connectivity index (χ2n) is 3.40. The highest BCUT2D eigenvalue weighted by Crippen LogP contribution is 2.19. The van der Waals surface area contributed by atoms with Crippen LogP contribution in [-0.2, 0) is 0 Å².